The Morgan fingerprint density at radius 2 is 1.62 bits per heavy atom. The van der Waals surface area contributed by atoms with Crippen LogP contribution in [0.25, 0.3) is 0 Å². The predicted molar refractivity (Wildman–Crippen MR) is 82.9 cm³/mol. The zero-order valence-electron chi connectivity index (χ0n) is 13.9. The van der Waals surface area contributed by atoms with Crippen molar-refractivity contribution in [3.63, 3.8) is 0 Å². The average molecular weight is 367 g/mol. The molecule has 8 nitrogen and oxygen atoms in total. The van der Waals surface area contributed by atoms with Crippen LogP contribution < -0.4 is 5.32 Å². The van der Waals surface area contributed by atoms with Crippen molar-refractivity contribution in [1.82, 2.24) is 5.32 Å². The van der Waals surface area contributed by atoms with Crippen LogP contribution in [0, 0.1) is 5.82 Å². The summed E-state index contributed by atoms with van der Waals surface area (Å²) < 4.78 is 23.9. The predicted octanol–water partition coefficient (Wildman–Crippen LogP) is -0.489. The molecule has 2 unspecified atom stereocenters. The highest BCUT2D eigenvalue weighted by molar-refractivity contribution is 5.94. The number of carbonyl (C=O) groups is 3. The largest absolute Gasteiger partial charge is 0.417 e. The van der Waals surface area contributed by atoms with Crippen LogP contribution in [0.4, 0.5) is 4.39 Å². The standard InChI is InChI=1S/C17H18FNO7/c1-19-17(9-4-6-10(18)7-5-9)11(20)3-2-8-16(17)25-14(23)12(21)13(22)15(24)26-16/h4-7,12-13,19,21-22H,2-3,8H2,1H3/t12?,13?,16?,17-/m1/s1. The number of halogens is 1. The maximum atomic E-state index is 13.4. The highest BCUT2D eigenvalue weighted by Gasteiger charge is 2.66. The van der Waals surface area contributed by atoms with Gasteiger partial charge in [-0.05, 0) is 31.2 Å². The van der Waals surface area contributed by atoms with Gasteiger partial charge >= 0.3 is 11.9 Å². The quantitative estimate of drug-likeness (QED) is 0.599. The van der Waals surface area contributed by atoms with Gasteiger partial charge in [-0.25, -0.2) is 14.0 Å². The minimum atomic E-state index is -2.14. The minimum Gasteiger partial charge on any atom is -0.417 e. The van der Waals surface area contributed by atoms with E-state index >= 15 is 0 Å². The number of carbonyl (C=O) groups excluding carboxylic acids is 3. The molecule has 9 heteroatoms. The molecule has 2 fully saturated rings. The minimum absolute atomic E-state index is 0.0477. The number of nitrogens with one attached hydrogen (secondary N) is 1. The van der Waals surface area contributed by atoms with Crippen LogP contribution in [0.1, 0.15) is 24.8 Å². The molecular weight excluding hydrogens is 349 g/mol. The molecule has 3 rings (SSSR count). The molecular formula is C17H18FNO7. The number of hydrogen-bond donors (Lipinski definition) is 3. The Hall–Kier alpha value is -2.36. The van der Waals surface area contributed by atoms with Crippen molar-refractivity contribution in [3.8, 4) is 0 Å². The van der Waals surface area contributed by atoms with Crippen LogP contribution in [-0.2, 0) is 29.4 Å². The second kappa shape index (κ2) is 6.42. The highest BCUT2D eigenvalue weighted by Crippen LogP contribution is 2.47. The van der Waals surface area contributed by atoms with Gasteiger partial charge in [0.15, 0.2) is 23.5 Å². The number of likely N-dealkylation sites (N-methyl/N-ethyl adjacent to an activating group) is 1. The first-order chi connectivity index (χ1) is 12.3. The Labute approximate surface area is 147 Å². The van der Waals surface area contributed by atoms with Gasteiger partial charge in [-0.3, -0.25) is 10.1 Å². The number of Topliss-reactive ketones (excluding diaryl/α,β-unsaturated/α-hetero) is 1. The van der Waals surface area contributed by atoms with Crippen LogP contribution in [0.5, 0.6) is 0 Å². The van der Waals surface area contributed by atoms with Crippen molar-refractivity contribution in [3.05, 3.63) is 35.6 Å². The van der Waals surface area contributed by atoms with E-state index in [-0.39, 0.29) is 24.8 Å². The van der Waals surface area contributed by atoms with Gasteiger partial charge in [0.25, 0.3) is 5.79 Å². The molecule has 1 aliphatic heterocycles. The number of esters is 2. The molecule has 3 atom stereocenters. The zero-order chi connectivity index (χ0) is 19.1. The Morgan fingerprint density at radius 1 is 1.08 bits per heavy atom. The Morgan fingerprint density at radius 3 is 2.12 bits per heavy atom. The average Bonchev–Trinajstić information content (AvgIpc) is 2.68. The molecule has 0 bridgehead atoms. The zero-order valence-corrected chi connectivity index (χ0v) is 13.9. The SMILES string of the molecule is CN[C@]1(c2ccc(F)cc2)C(=O)CCCC12OC(=O)C(O)C(O)C(=O)O2. The lowest BCUT2D eigenvalue weighted by Crippen LogP contribution is -2.68. The van der Waals surface area contributed by atoms with Gasteiger partial charge in [-0.1, -0.05) is 12.1 Å². The Balaban J connectivity index is 2.21. The summed E-state index contributed by atoms with van der Waals surface area (Å²) >= 11 is 0. The normalized spacial score (nSPS) is 35.0. The van der Waals surface area contributed by atoms with Gasteiger partial charge < -0.3 is 19.7 Å². The maximum absolute atomic E-state index is 13.4. The van der Waals surface area contributed by atoms with Crippen molar-refractivity contribution >= 4 is 17.7 Å². The monoisotopic (exact) mass is 367 g/mol. The molecule has 1 aromatic rings. The van der Waals surface area contributed by atoms with E-state index in [0.717, 1.165) is 12.1 Å². The molecule has 26 heavy (non-hydrogen) atoms. The van der Waals surface area contributed by atoms with Gasteiger partial charge in [-0.15, -0.1) is 0 Å². The van der Waals surface area contributed by atoms with Crippen molar-refractivity contribution in [2.75, 3.05) is 7.05 Å². The molecule has 1 heterocycles. The number of rotatable bonds is 2. The van der Waals surface area contributed by atoms with E-state index in [1.54, 1.807) is 0 Å². The lowest BCUT2D eigenvalue weighted by molar-refractivity contribution is -0.260. The third-order valence-electron chi connectivity index (χ3n) is 4.86. The summed E-state index contributed by atoms with van der Waals surface area (Å²) in [6.45, 7) is 0. The maximum Gasteiger partial charge on any atom is 0.341 e. The Kier molecular flexibility index (Phi) is 4.55. The number of aliphatic hydroxyl groups is 2. The van der Waals surface area contributed by atoms with Gasteiger partial charge in [0.2, 0.25) is 0 Å². The van der Waals surface area contributed by atoms with Gasteiger partial charge in [-0.2, -0.15) is 0 Å². The third kappa shape index (κ3) is 2.51. The topological polar surface area (TPSA) is 122 Å². The van der Waals surface area contributed by atoms with E-state index in [9.17, 15) is 29.0 Å². The summed E-state index contributed by atoms with van der Waals surface area (Å²) in [7, 11) is 1.41. The van der Waals surface area contributed by atoms with Crippen molar-refractivity contribution < 1.29 is 38.5 Å². The number of hydrogen-bond acceptors (Lipinski definition) is 8. The molecule has 1 saturated heterocycles. The Bertz CT molecular complexity index is 728. The molecule has 140 valence electrons. The van der Waals surface area contributed by atoms with Crippen molar-refractivity contribution in [2.45, 2.75) is 42.8 Å². The highest BCUT2D eigenvalue weighted by atomic mass is 19.1. The van der Waals surface area contributed by atoms with E-state index in [0.29, 0.717) is 0 Å². The smallest absolute Gasteiger partial charge is 0.341 e. The van der Waals surface area contributed by atoms with Crippen LogP contribution >= 0.6 is 0 Å². The first-order valence-corrected chi connectivity index (χ1v) is 8.07. The fourth-order valence-electron chi connectivity index (χ4n) is 3.60. The van der Waals surface area contributed by atoms with E-state index in [2.05, 4.69) is 5.32 Å². The van der Waals surface area contributed by atoms with Crippen molar-refractivity contribution in [1.29, 1.82) is 0 Å². The fourth-order valence-corrected chi connectivity index (χ4v) is 3.60. The molecule has 2 aliphatic rings. The van der Waals surface area contributed by atoms with Crippen molar-refractivity contribution in [2.24, 2.45) is 0 Å². The molecule has 1 aromatic carbocycles. The second-order valence-electron chi connectivity index (χ2n) is 6.27. The van der Waals surface area contributed by atoms with Gasteiger partial charge in [0.05, 0.1) is 0 Å². The van der Waals surface area contributed by atoms with Crippen LogP contribution in [0.2, 0.25) is 0 Å². The number of aliphatic hydroxyl groups excluding tert-OH is 2. The van der Waals surface area contributed by atoms with E-state index in [4.69, 9.17) is 9.47 Å². The lowest BCUT2D eigenvalue weighted by Gasteiger charge is -2.49. The van der Waals surface area contributed by atoms with Gasteiger partial charge in [0, 0.05) is 12.8 Å². The third-order valence-corrected chi connectivity index (χ3v) is 4.86. The summed E-state index contributed by atoms with van der Waals surface area (Å²) in [5.74, 6) is -5.69. The molecule has 1 spiro atoms. The lowest BCUT2D eigenvalue weighted by atomic mass is 9.70. The van der Waals surface area contributed by atoms with E-state index in [1.807, 2.05) is 0 Å². The van der Waals surface area contributed by atoms with Crippen LogP contribution in [-0.4, -0.2) is 53.0 Å². The van der Waals surface area contributed by atoms with Crippen LogP contribution in [0.3, 0.4) is 0 Å². The molecule has 0 aromatic heterocycles. The number of ether oxygens (including phenoxy) is 2. The summed E-state index contributed by atoms with van der Waals surface area (Å²) in [4.78, 5) is 37.3. The first kappa shape index (κ1) is 18.4. The van der Waals surface area contributed by atoms with E-state index < -0.39 is 47.1 Å². The van der Waals surface area contributed by atoms with E-state index in [1.165, 1.54) is 19.2 Å². The number of benzene rings is 1. The van der Waals surface area contributed by atoms with Crippen LogP contribution in [0.15, 0.2) is 24.3 Å². The summed E-state index contributed by atoms with van der Waals surface area (Å²) in [5.41, 5.74) is -1.59. The summed E-state index contributed by atoms with van der Waals surface area (Å²) in [6, 6.07) is 4.87. The second-order valence-corrected chi connectivity index (χ2v) is 6.27. The molecule has 3 N–H and O–H groups in total. The van der Waals surface area contributed by atoms with Gasteiger partial charge in [0.1, 0.15) is 5.82 Å². The molecule has 1 aliphatic carbocycles. The fraction of sp³-hybridized carbons (Fsp3) is 0.471. The summed E-state index contributed by atoms with van der Waals surface area (Å²) in [5, 5.41) is 22.3. The molecule has 0 amide bonds. The summed E-state index contributed by atoms with van der Waals surface area (Å²) in [6.07, 6.45) is -3.98. The molecule has 0 radical (unpaired) electrons. The number of ketones is 1. The molecule has 1 saturated carbocycles. The first-order valence-electron chi connectivity index (χ1n) is 8.07.